The molecule has 0 bridgehead atoms. The van der Waals surface area contributed by atoms with Crippen LogP contribution in [0, 0.1) is 0 Å². The van der Waals surface area contributed by atoms with Crippen molar-refractivity contribution >= 4 is 37.6 Å². The molecule has 0 atom stereocenters. The molecule has 2 aromatic carbocycles. The second-order valence-electron chi connectivity index (χ2n) is 4.82. The minimum absolute atomic E-state index is 0.0724. The highest BCUT2D eigenvalue weighted by molar-refractivity contribution is 9.10. The highest BCUT2D eigenvalue weighted by Gasteiger charge is 2.24. The third kappa shape index (κ3) is 3.85. The molecule has 0 spiro atoms. The molecule has 126 valence electrons. The summed E-state index contributed by atoms with van der Waals surface area (Å²) in [6, 6.07) is 12.6. The Kier molecular flexibility index (Phi) is 5.80. The van der Waals surface area contributed by atoms with Crippen LogP contribution in [0.1, 0.15) is 10.4 Å². The number of methoxy groups -OCH3 is 1. The van der Waals surface area contributed by atoms with Crippen molar-refractivity contribution in [2.45, 2.75) is 4.90 Å². The van der Waals surface area contributed by atoms with E-state index in [9.17, 15) is 13.2 Å². The van der Waals surface area contributed by atoms with E-state index in [2.05, 4.69) is 27.2 Å². The number of sulfonamides is 1. The van der Waals surface area contributed by atoms with E-state index in [-0.39, 0.29) is 17.0 Å². The third-order valence-corrected chi connectivity index (χ3v) is 5.59. The number of hydrogen-bond donors (Lipinski definition) is 0. The Bertz CT molecular complexity index is 847. The van der Waals surface area contributed by atoms with Gasteiger partial charge in [0.1, 0.15) is 0 Å². The van der Waals surface area contributed by atoms with Crippen molar-refractivity contribution < 1.29 is 17.9 Å². The quantitative estimate of drug-likeness (QED) is 0.539. The molecule has 2 rings (SSSR count). The molecular formula is C17H16BrNO4S. The molecule has 0 fully saturated rings. The molecular weight excluding hydrogens is 394 g/mol. The van der Waals surface area contributed by atoms with Crippen molar-refractivity contribution in [2.75, 3.05) is 18.0 Å². The Morgan fingerprint density at radius 1 is 1.25 bits per heavy atom. The van der Waals surface area contributed by atoms with Gasteiger partial charge in [0.05, 0.1) is 29.8 Å². The Hall–Kier alpha value is -2.12. The molecule has 0 aliphatic heterocycles. The van der Waals surface area contributed by atoms with Gasteiger partial charge in [0.2, 0.25) is 0 Å². The Balaban J connectivity index is 2.51. The number of rotatable bonds is 6. The highest BCUT2D eigenvalue weighted by Crippen LogP contribution is 2.25. The number of ether oxygens (including phenoxy) is 1. The van der Waals surface area contributed by atoms with Gasteiger partial charge >= 0.3 is 5.97 Å². The summed E-state index contributed by atoms with van der Waals surface area (Å²) in [6.07, 6.45) is 1.49. The molecule has 7 heteroatoms. The lowest BCUT2D eigenvalue weighted by atomic mass is 10.2. The summed E-state index contributed by atoms with van der Waals surface area (Å²) < 4.78 is 32.5. The molecule has 0 N–H and O–H groups in total. The van der Waals surface area contributed by atoms with Gasteiger partial charge < -0.3 is 4.74 Å². The van der Waals surface area contributed by atoms with Crippen LogP contribution in [0.25, 0.3) is 0 Å². The maximum Gasteiger partial charge on any atom is 0.337 e. The molecule has 0 unspecified atom stereocenters. The summed E-state index contributed by atoms with van der Waals surface area (Å²) in [5.74, 6) is -0.531. The number of carbonyl (C=O) groups is 1. The molecule has 2 aromatic rings. The van der Waals surface area contributed by atoms with Gasteiger partial charge in [-0.2, -0.15) is 0 Å². The van der Waals surface area contributed by atoms with Crippen molar-refractivity contribution in [3.05, 3.63) is 71.2 Å². The summed E-state index contributed by atoms with van der Waals surface area (Å²) in [5.41, 5.74) is 0.635. The van der Waals surface area contributed by atoms with Crippen molar-refractivity contribution in [3.63, 3.8) is 0 Å². The van der Waals surface area contributed by atoms with Crippen molar-refractivity contribution in [1.82, 2.24) is 0 Å². The summed E-state index contributed by atoms with van der Waals surface area (Å²) in [5, 5.41) is 0. The third-order valence-electron chi connectivity index (χ3n) is 3.25. The first-order valence-electron chi connectivity index (χ1n) is 6.97. The van der Waals surface area contributed by atoms with Gasteiger partial charge in [-0.25, -0.2) is 13.2 Å². The number of hydrogen-bond acceptors (Lipinski definition) is 4. The van der Waals surface area contributed by atoms with E-state index < -0.39 is 16.0 Å². The van der Waals surface area contributed by atoms with Gasteiger partial charge in [0.15, 0.2) is 0 Å². The molecule has 24 heavy (non-hydrogen) atoms. The molecule has 0 saturated carbocycles. The summed E-state index contributed by atoms with van der Waals surface area (Å²) >= 11 is 3.28. The first kappa shape index (κ1) is 18.2. The Morgan fingerprint density at radius 2 is 1.92 bits per heavy atom. The lowest BCUT2D eigenvalue weighted by molar-refractivity contribution is 0.0600. The minimum atomic E-state index is -3.79. The van der Waals surface area contributed by atoms with E-state index in [1.807, 2.05) is 0 Å². The fourth-order valence-corrected chi connectivity index (χ4v) is 3.79. The van der Waals surface area contributed by atoms with Crippen LogP contribution >= 0.6 is 15.9 Å². The number of esters is 1. The van der Waals surface area contributed by atoms with Gasteiger partial charge in [-0.05, 0) is 42.5 Å². The maximum atomic E-state index is 12.9. The van der Waals surface area contributed by atoms with Gasteiger partial charge in [-0.15, -0.1) is 6.58 Å². The number of carbonyl (C=O) groups excluding carboxylic acids is 1. The number of halogens is 1. The van der Waals surface area contributed by atoms with Crippen LogP contribution in [0.5, 0.6) is 0 Å². The Labute approximate surface area is 149 Å². The van der Waals surface area contributed by atoms with Crippen LogP contribution in [-0.4, -0.2) is 28.0 Å². The number of nitrogens with zero attached hydrogens (tertiary/aromatic N) is 1. The zero-order valence-corrected chi connectivity index (χ0v) is 15.4. The molecule has 0 aliphatic rings. The summed E-state index contributed by atoms with van der Waals surface area (Å²) in [7, 11) is -2.52. The largest absolute Gasteiger partial charge is 0.465 e. The first-order valence-corrected chi connectivity index (χ1v) is 9.21. The van der Waals surface area contributed by atoms with Gasteiger partial charge in [-0.3, -0.25) is 4.31 Å². The number of anilines is 1. The van der Waals surface area contributed by atoms with E-state index in [0.29, 0.717) is 5.69 Å². The van der Waals surface area contributed by atoms with Crippen LogP contribution in [0.3, 0.4) is 0 Å². The standard InChI is InChI=1S/C17H16BrNO4S/c1-3-11-19(15-6-4-5-13(12-15)17(20)23-2)24(21,22)16-9-7-14(18)8-10-16/h3-10,12H,1,11H2,2H3. The monoisotopic (exact) mass is 409 g/mol. The predicted octanol–water partition coefficient (Wildman–Crippen LogP) is 3.62. The van der Waals surface area contributed by atoms with Crippen LogP contribution in [0.4, 0.5) is 5.69 Å². The van der Waals surface area contributed by atoms with Gasteiger partial charge in [-0.1, -0.05) is 28.1 Å². The Morgan fingerprint density at radius 3 is 2.50 bits per heavy atom. The normalized spacial score (nSPS) is 10.9. The van der Waals surface area contributed by atoms with Crippen LogP contribution in [0.2, 0.25) is 0 Å². The van der Waals surface area contributed by atoms with Crippen LogP contribution in [0.15, 0.2) is 70.6 Å². The molecule has 5 nitrogen and oxygen atoms in total. The van der Waals surface area contributed by atoms with E-state index >= 15 is 0 Å². The zero-order valence-electron chi connectivity index (χ0n) is 13.0. The van der Waals surface area contributed by atoms with E-state index in [1.54, 1.807) is 30.3 Å². The molecule has 0 heterocycles. The van der Waals surface area contributed by atoms with E-state index in [4.69, 9.17) is 0 Å². The SMILES string of the molecule is C=CCN(c1cccc(C(=O)OC)c1)S(=O)(=O)c1ccc(Br)cc1. The number of benzene rings is 2. The lowest BCUT2D eigenvalue weighted by Gasteiger charge is -2.23. The molecule has 0 aliphatic carbocycles. The summed E-state index contributed by atoms with van der Waals surface area (Å²) in [6.45, 7) is 3.69. The van der Waals surface area contributed by atoms with Gasteiger partial charge in [0, 0.05) is 4.47 Å². The fraction of sp³-hybridized carbons (Fsp3) is 0.118. The second kappa shape index (κ2) is 7.63. The van der Waals surface area contributed by atoms with E-state index in [0.717, 1.165) is 4.47 Å². The maximum absolute atomic E-state index is 12.9. The first-order chi connectivity index (χ1) is 11.4. The highest BCUT2D eigenvalue weighted by atomic mass is 79.9. The van der Waals surface area contributed by atoms with Crippen molar-refractivity contribution in [2.24, 2.45) is 0 Å². The van der Waals surface area contributed by atoms with Crippen molar-refractivity contribution in [1.29, 1.82) is 0 Å². The van der Waals surface area contributed by atoms with Crippen molar-refractivity contribution in [3.8, 4) is 0 Å². The zero-order chi connectivity index (χ0) is 17.7. The molecule has 0 radical (unpaired) electrons. The smallest absolute Gasteiger partial charge is 0.337 e. The average molecular weight is 410 g/mol. The van der Waals surface area contributed by atoms with Crippen LogP contribution < -0.4 is 4.31 Å². The van der Waals surface area contributed by atoms with E-state index in [1.165, 1.54) is 35.7 Å². The second-order valence-corrected chi connectivity index (χ2v) is 7.60. The minimum Gasteiger partial charge on any atom is -0.465 e. The molecule has 0 aromatic heterocycles. The summed E-state index contributed by atoms with van der Waals surface area (Å²) in [4.78, 5) is 11.8. The lowest BCUT2D eigenvalue weighted by Crippen LogP contribution is -2.31. The average Bonchev–Trinajstić information content (AvgIpc) is 2.59. The molecule has 0 saturated heterocycles. The fourth-order valence-electron chi connectivity index (χ4n) is 2.10. The predicted molar refractivity (Wildman–Crippen MR) is 96.7 cm³/mol. The van der Waals surface area contributed by atoms with Crippen LogP contribution in [-0.2, 0) is 14.8 Å². The topological polar surface area (TPSA) is 63.7 Å². The molecule has 0 amide bonds. The van der Waals surface area contributed by atoms with Gasteiger partial charge in [0.25, 0.3) is 10.0 Å².